The van der Waals surface area contributed by atoms with Crippen LogP contribution in [0.2, 0.25) is 0 Å². The third kappa shape index (κ3) is 4.14. The SMILES string of the molecule is C#C/C(=C\C=Nc1ccc(C)cc1)CCC. The molecular weight excluding hydrogens is 194 g/mol. The third-order valence-corrected chi connectivity index (χ3v) is 2.24. The lowest BCUT2D eigenvalue weighted by Crippen LogP contribution is -1.78. The standard InChI is InChI=1S/C15H17N/c1-4-6-14(5-2)11-12-16-15-9-7-13(3)8-10-15/h2,7-12H,4,6H2,1,3H3/b14-11+,16-12?. The van der Waals surface area contributed by atoms with Crippen LogP contribution in [0, 0.1) is 19.3 Å². The minimum Gasteiger partial charge on any atom is -0.257 e. The summed E-state index contributed by atoms with van der Waals surface area (Å²) in [5, 5.41) is 0. The maximum Gasteiger partial charge on any atom is 0.0629 e. The van der Waals surface area contributed by atoms with Gasteiger partial charge in [-0.25, -0.2) is 0 Å². The van der Waals surface area contributed by atoms with Gasteiger partial charge in [0.15, 0.2) is 0 Å². The number of aliphatic imine (C=N–C) groups is 1. The molecule has 0 fully saturated rings. The second kappa shape index (κ2) is 6.63. The molecule has 0 bridgehead atoms. The van der Waals surface area contributed by atoms with Crippen LogP contribution in [-0.2, 0) is 0 Å². The second-order valence-electron chi connectivity index (χ2n) is 3.70. The summed E-state index contributed by atoms with van der Waals surface area (Å²) in [6.45, 7) is 4.17. The third-order valence-electron chi connectivity index (χ3n) is 2.24. The van der Waals surface area contributed by atoms with Gasteiger partial charge in [-0.3, -0.25) is 4.99 Å². The van der Waals surface area contributed by atoms with Gasteiger partial charge in [0.1, 0.15) is 0 Å². The van der Waals surface area contributed by atoms with Crippen LogP contribution in [0.15, 0.2) is 40.9 Å². The zero-order chi connectivity index (χ0) is 11.8. The molecule has 16 heavy (non-hydrogen) atoms. The van der Waals surface area contributed by atoms with Gasteiger partial charge in [-0.15, -0.1) is 6.42 Å². The maximum absolute atomic E-state index is 5.38. The number of hydrogen-bond donors (Lipinski definition) is 0. The first-order valence-corrected chi connectivity index (χ1v) is 5.52. The number of allylic oxidation sites excluding steroid dienone is 2. The smallest absolute Gasteiger partial charge is 0.0629 e. The summed E-state index contributed by atoms with van der Waals surface area (Å²) in [5.74, 6) is 2.67. The van der Waals surface area contributed by atoms with Crippen LogP contribution in [0.3, 0.4) is 0 Å². The zero-order valence-corrected chi connectivity index (χ0v) is 9.90. The van der Waals surface area contributed by atoms with E-state index in [0.717, 1.165) is 24.1 Å². The van der Waals surface area contributed by atoms with Crippen LogP contribution in [-0.4, -0.2) is 6.21 Å². The Labute approximate surface area is 97.9 Å². The van der Waals surface area contributed by atoms with Gasteiger partial charge in [0.05, 0.1) is 5.69 Å². The largest absolute Gasteiger partial charge is 0.257 e. The van der Waals surface area contributed by atoms with Crippen LogP contribution in [0.1, 0.15) is 25.3 Å². The summed E-state index contributed by atoms with van der Waals surface area (Å²) in [4.78, 5) is 4.32. The summed E-state index contributed by atoms with van der Waals surface area (Å²) in [6, 6.07) is 8.08. The monoisotopic (exact) mass is 211 g/mol. The molecule has 1 heteroatoms. The minimum absolute atomic E-state index is 0.941. The molecule has 0 unspecified atom stereocenters. The highest BCUT2D eigenvalue weighted by Crippen LogP contribution is 2.11. The van der Waals surface area contributed by atoms with Crippen molar-refractivity contribution in [2.75, 3.05) is 0 Å². The molecule has 0 N–H and O–H groups in total. The number of nitrogens with zero attached hydrogens (tertiary/aromatic N) is 1. The molecule has 0 aliphatic carbocycles. The van der Waals surface area contributed by atoms with Crippen LogP contribution in [0.25, 0.3) is 0 Å². The number of terminal acetylenes is 1. The second-order valence-corrected chi connectivity index (χ2v) is 3.70. The van der Waals surface area contributed by atoms with Crippen LogP contribution >= 0.6 is 0 Å². The Kier molecular flexibility index (Phi) is 5.08. The van der Waals surface area contributed by atoms with Crippen LogP contribution < -0.4 is 0 Å². The van der Waals surface area contributed by atoms with E-state index in [-0.39, 0.29) is 0 Å². The van der Waals surface area contributed by atoms with Crippen molar-refractivity contribution in [3.8, 4) is 12.3 Å². The van der Waals surface area contributed by atoms with E-state index >= 15 is 0 Å². The van der Waals surface area contributed by atoms with Crippen molar-refractivity contribution in [1.29, 1.82) is 0 Å². The van der Waals surface area contributed by atoms with E-state index in [9.17, 15) is 0 Å². The summed E-state index contributed by atoms with van der Waals surface area (Å²) in [5.41, 5.74) is 3.19. The molecule has 0 aliphatic rings. The summed E-state index contributed by atoms with van der Waals surface area (Å²) in [7, 11) is 0. The van der Waals surface area contributed by atoms with Crippen molar-refractivity contribution in [2.45, 2.75) is 26.7 Å². The topological polar surface area (TPSA) is 12.4 Å². The van der Waals surface area contributed by atoms with Crippen molar-refractivity contribution in [3.63, 3.8) is 0 Å². The molecule has 1 aromatic carbocycles. The molecule has 1 nitrogen and oxygen atoms in total. The lowest BCUT2D eigenvalue weighted by atomic mass is 10.1. The molecule has 0 saturated heterocycles. The lowest BCUT2D eigenvalue weighted by Gasteiger charge is -1.94. The average Bonchev–Trinajstić information content (AvgIpc) is 2.30. The van der Waals surface area contributed by atoms with E-state index in [2.05, 4.69) is 24.8 Å². The van der Waals surface area contributed by atoms with E-state index in [1.165, 1.54) is 5.56 Å². The fourth-order valence-corrected chi connectivity index (χ4v) is 1.32. The molecule has 0 spiro atoms. The van der Waals surface area contributed by atoms with E-state index in [0.29, 0.717) is 0 Å². The highest BCUT2D eigenvalue weighted by atomic mass is 14.7. The molecule has 0 atom stereocenters. The van der Waals surface area contributed by atoms with E-state index in [1.54, 1.807) is 6.21 Å². The fraction of sp³-hybridized carbons (Fsp3) is 0.267. The number of benzene rings is 1. The van der Waals surface area contributed by atoms with E-state index < -0.39 is 0 Å². The normalized spacial score (nSPS) is 11.7. The van der Waals surface area contributed by atoms with Gasteiger partial charge >= 0.3 is 0 Å². The Balaban J connectivity index is 2.67. The van der Waals surface area contributed by atoms with Crippen molar-refractivity contribution < 1.29 is 0 Å². The van der Waals surface area contributed by atoms with E-state index in [4.69, 9.17) is 6.42 Å². The van der Waals surface area contributed by atoms with Gasteiger partial charge in [-0.2, -0.15) is 0 Å². The maximum atomic E-state index is 5.38. The molecule has 1 rings (SSSR count). The molecular formula is C15H17N. The van der Waals surface area contributed by atoms with Gasteiger partial charge < -0.3 is 0 Å². The number of rotatable bonds is 4. The fourth-order valence-electron chi connectivity index (χ4n) is 1.32. The Hall–Kier alpha value is -1.81. The first kappa shape index (κ1) is 12.3. The highest BCUT2D eigenvalue weighted by Gasteiger charge is 1.89. The highest BCUT2D eigenvalue weighted by molar-refractivity contribution is 5.76. The Bertz CT molecular complexity index is 416. The van der Waals surface area contributed by atoms with Crippen LogP contribution in [0.4, 0.5) is 5.69 Å². The molecule has 82 valence electrons. The Morgan fingerprint density at radius 3 is 2.62 bits per heavy atom. The summed E-state index contributed by atoms with van der Waals surface area (Å²) in [6.07, 6.45) is 11.1. The zero-order valence-electron chi connectivity index (χ0n) is 9.90. The Morgan fingerprint density at radius 1 is 1.38 bits per heavy atom. The van der Waals surface area contributed by atoms with Gasteiger partial charge in [0.25, 0.3) is 0 Å². The van der Waals surface area contributed by atoms with Crippen molar-refractivity contribution >= 4 is 11.9 Å². The predicted octanol–water partition coefficient (Wildman–Crippen LogP) is 4.06. The van der Waals surface area contributed by atoms with E-state index in [1.807, 2.05) is 30.3 Å². The average molecular weight is 211 g/mol. The van der Waals surface area contributed by atoms with Gasteiger partial charge in [-0.05, 0) is 31.6 Å². The molecule has 0 radical (unpaired) electrons. The summed E-state index contributed by atoms with van der Waals surface area (Å²) < 4.78 is 0. The number of aryl methyl sites for hydroxylation is 1. The van der Waals surface area contributed by atoms with Crippen molar-refractivity contribution in [1.82, 2.24) is 0 Å². The molecule has 0 aliphatic heterocycles. The Morgan fingerprint density at radius 2 is 2.06 bits per heavy atom. The molecule has 0 amide bonds. The molecule has 0 aromatic heterocycles. The van der Waals surface area contributed by atoms with Gasteiger partial charge in [0.2, 0.25) is 0 Å². The molecule has 0 saturated carbocycles. The van der Waals surface area contributed by atoms with Gasteiger partial charge in [-0.1, -0.05) is 37.0 Å². The van der Waals surface area contributed by atoms with Crippen molar-refractivity contribution in [3.05, 3.63) is 41.5 Å². The minimum atomic E-state index is 0.941. The number of hydrogen-bond acceptors (Lipinski definition) is 1. The van der Waals surface area contributed by atoms with Gasteiger partial charge in [0, 0.05) is 11.8 Å². The predicted molar refractivity (Wildman–Crippen MR) is 71.2 cm³/mol. The molecule has 0 heterocycles. The van der Waals surface area contributed by atoms with Crippen LogP contribution in [0.5, 0.6) is 0 Å². The first-order valence-electron chi connectivity index (χ1n) is 5.52. The summed E-state index contributed by atoms with van der Waals surface area (Å²) >= 11 is 0. The quantitative estimate of drug-likeness (QED) is 0.526. The lowest BCUT2D eigenvalue weighted by molar-refractivity contribution is 0.934. The van der Waals surface area contributed by atoms with Crippen molar-refractivity contribution in [2.24, 2.45) is 4.99 Å². The molecule has 1 aromatic rings. The first-order chi connectivity index (χ1) is 7.76.